The van der Waals surface area contributed by atoms with Gasteiger partial charge in [0.2, 0.25) is 0 Å². The average molecular weight is 151 g/mol. The summed E-state index contributed by atoms with van der Waals surface area (Å²) in [5, 5.41) is 0. The Hall–Kier alpha value is -0.560. The molecule has 0 saturated carbocycles. The Morgan fingerprint density at radius 1 is 1.73 bits per heavy atom. The van der Waals surface area contributed by atoms with Crippen LogP contribution in [0.4, 0.5) is 0 Å². The molecule has 0 aliphatic heterocycles. The highest BCUT2D eigenvalue weighted by molar-refractivity contribution is 5.27. The van der Waals surface area contributed by atoms with Crippen LogP contribution in [-0.2, 0) is 0 Å². The van der Waals surface area contributed by atoms with Crippen molar-refractivity contribution in [3.05, 3.63) is 23.3 Å². The van der Waals surface area contributed by atoms with Crippen LogP contribution in [0.2, 0.25) is 0 Å². The molecule has 0 heterocycles. The molecule has 0 spiro atoms. The summed E-state index contributed by atoms with van der Waals surface area (Å²) in [5.41, 5.74) is 8.48. The van der Waals surface area contributed by atoms with E-state index in [0.717, 1.165) is 0 Å². The Labute approximate surface area is 69.0 Å². The molecule has 0 bridgehead atoms. The van der Waals surface area contributed by atoms with Crippen LogP contribution in [0.3, 0.4) is 0 Å². The highest BCUT2D eigenvalue weighted by atomic mass is 14.6. The Kier molecular flexibility index (Phi) is 2.89. The van der Waals surface area contributed by atoms with E-state index >= 15 is 0 Å². The summed E-state index contributed by atoms with van der Waals surface area (Å²) < 4.78 is 0. The average Bonchev–Trinajstić information content (AvgIpc) is 2.39. The van der Waals surface area contributed by atoms with Crippen molar-refractivity contribution in [3.8, 4) is 0 Å². The van der Waals surface area contributed by atoms with Crippen molar-refractivity contribution in [3.63, 3.8) is 0 Å². The Bertz CT molecular complexity index is 187. The predicted octanol–water partition coefficient (Wildman–Crippen LogP) is 2.39. The van der Waals surface area contributed by atoms with Crippen LogP contribution in [0.1, 0.15) is 33.1 Å². The van der Waals surface area contributed by atoms with Crippen LogP contribution in [-0.4, -0.2) is 6.04 Å². The van der Waals surface area contributed by atoms with E-state index < -0.39 is 0 Å². The fourth-order valence-electron chi connectivity index (χ4n) is 1.25. The first-order valence-corrected chi connectivity index (χ1v) is 4.33. The summed E-state index contributed by atoms with van der Waals surface area (Å²) >= 11 is 0. The van der Waals surface area contributed by atoms with Gasteiger partial charge in [0.05, 0.1) is 0 Å². The van der Waals surface area contributed by atoms with Gasteiger partial charge >= 0.3 is 0 Å². The molecule has 2 N–H and O–H groups in total. The van der Waals surface area contributed by atoms with E-state index in [9.17, 15) is 0 Å². The van der Waals surface area contributed by atoms with Crippen molar-refractivity contribution in [2.24, 2.45) is 5.73 Å². The van der Waals surface area contributed by atoms with Gasteiger partial charge in [-0.05, 0) is 33.1 Å². The lowest BCUT2D eigenvalue weighted by Crippen LogP contribution is -2.15. The third kappa shape index (κ3) is 2.51. The first-order valence-electron chi connectivity index (χ1n) is 4.33. The van der Waals surface area contributed by atoms with Crippen LogP contribution in [0.25, 0.3) is 0 Å². The molecule has 1 atom stereocenters. The summed E-state index contributed by atoms with van der Waals surface area (Å²) in [6.45, 7) is 4.13. The summed E-state index contributed by atoms with van der Waals surface area (Å²) in [5.74, 6) is 0. The van der Waals surface area contributed by atoms with Crippen LogP contribution in [0.15, 0.2) is 23.3 Å². The SMILES string of the molecule is C/C(=C\C1=CCCC1)C(C)N. The minimum absolute atomic E-state index is 0.205. The number of hydrogen-bond acceptors (Lipinski definition) is 1. The maximum Gasteiger partial charge on any atom is 0.0225 e. The molecule has 1 nitrogen and oxygen atoms in total. The molecule has 1 heteroatoms. The van der Waals surface area contributed by atoms with Gasteiger partial charge in [0.1, 0.15) is 0 Å². The van der Waals surface area contributed by atoms with Crippen molar-refractivity contribution in [1.29, 1.82) is 0 Å². The summed E-state index contributed by atoms with van der Waals surface area (Å²) in [6.07, 6.45) is 8.35. The van der Waals surface area contributed by atoms with Gasteiger partial charge in [-0.2, -0.15) is 0 Å². The van der Waals surface area contributed by atoms with Crippen LogP contribution < -0.4 is 5.73 Å². The lowest BCUT2D eigenvalue weighted by molar-refractivity contribution is 0.854. The van der Waals surface area contributed by atoms with E-state index in [0.29, 0.717) is 0 Å². The molecule has 0 aromatic carbocycles. The summed E-state index contributed by atoms with van der Waals surface area (Å²) in [4.78, 5) is 0. The highest BCUT2D eigenvalue weighted by Crippen LogP contribution is 2.20. The third-order valence-corrected chi connectivity index (χ3v) is 2.21. The van der Waals surface area contributed by atoms with Crippen LogP contribution in [0, 0.1) is 0 Å². The van der Waals surface area contributed by atoms with Crippen molar-refractivity contribution >= 4 is 0 Å². The van der Waals surface area contributed by atoms with Crippen molar-refractivity contribution in [2.45, 2.75) is 39.2 Å². The largest absolute Gasteiger partial charge is 0.324 e. The second-order valence-electron chi connectivity index (χ2n) is 3.35. The first-order chi connectivity index (χ1) is 5.20. The van der Waals surface area contributed by atoms with Gasteiger partial charge in [-0.25, -0.2) is 0 Å². The molecule has 0 amide bonds. The van der Waals surface area contributed by atoms with Crippen molar-refractivity contribution in [1.82, 2.24) is 0 Å². The Balaban J connectivity index is 2.56. The zero-order valence-corrected chi connectivity index (χ0v) is 7.43. The highest BCUT2D eigenvalue weighted by Gasteiger charge is 2.03. The zero-order chi connectivity index (χ0) is 8.27. The van der Waals surface area contributed by atoms with Gasteiger partial charge in [0.25, 0.3) is 0 Å². The van der Waals surface area contributed by atoms with Crippen molar-refractivity contribution < 1.29 is 0 Å². The summed E-state index contributed by atoms with van der Waals surface area (Å²) in [7, 11) is 0. The van der Waals surface area contributed by atoms with Crippen LogP contribution >= 0.6 is 0 Å². The Morgan fingerprint density at radius 3 is 2.91 bits per heavy atom. The normalized spacial score (nSPS) is 21.7. The molecule has 0 saturated heterocycles. The quantitative estimate of drug-likeness (QED) is 0.644. The van der Waals surface area contributed by atoms with Gasteiger partial charge < -0.3 is 5.73 Å². The van der Waals surface area contributed by atoms with Gasteiger partial charge in [-0.1, -0.05) is 23.3 Å². The second kappa shape index (κ2) is 3.72. The van der Waals surface area contributed by atoms with Crippen LogP contribution in [0.5, 0.6) is 0 Å². The number of hydrogen-bond donors (Lipinski definition) is 1. The third-order valence-electron chi connectivity index (χ3n) is 2.21. The minimum atomic E-state index is 0.205. The van der Waals surface area contributed by atoms with E-state index in [-0.39, 0.29) is 6.04 Å². The van der Waals surface area contributed by atoms with E-state index in [1.165, 1.54) is 30.4 Å². The molecule has 0 aromatic heterocycles. The van der Waals surface area contributed by atoms with Gasteiger partial charge in [0, 0.05) is 6.04 Å². The van der Waals surface area contributed by atoms with Gasteiger partial charge in [-0.3, -0.25) is 0 Å². The molecule has 0 aromatic rings. The number of nitrogens with two attached hydrogens (primary N) is 1. The monoisotopic (exact) mass is 151 g/mol. The number of allylic oxidation sites excluding steroid dienone is 3. The fourth-order valence-corrected chi connectivity index (χ4v) is 1.25. The lowest BCUT2D eigenvalue weighted by Gasteiger charge is -2.04. The standard InChI is InChI=1S/C10H17N/c1-8(9(2)11)7-10-5-3-4-6-10/h5,7,9H,3-4,6,11H2,1-2H3/b8-7+. The predicted molar refractivity (Wildman–Crippen MR) is 49.3 cm³/mol. The van der Waals surface area contributed by atoms with Gasteiger partial charge in [-0.15, -0.1) is 0 Å². The molecular weight excluding hydrogens is 134 g/mol. The molecule has 0 fully saturated rings. The van der Waals surface area contributed by atoms with E-state index in [1.54, 1.807) is 0 Å². The molecule has 1 rings (SSSR count). The second-order valence-corrected chi connectivity index (χ2v) is 3.35. The molecule has 0 radical (unpaired) electrons. The number of rotatable bonds is 2. The minimum Gasteiger partial charge on any atom is -0.324 e. The first kappa shape index (κ1) is 8.54. The zero-order valence-electron chi connectivity index (χ0n) is 7.43. The Morgan fingerprint density at radius 2 is 2.45 bits per heavy atom. The van der Waals surface area contributed by atoms with Gasteiger partial charge in [0.15, 0.2) is 0 Å². The smallest absolute Gasteiger partial charge is 0.0225 e. The molecular formula is C10H17N. The van der Waals surface area contributed by atoms with E-state index in [2.05, 4.69) is 19.1 Å². The lowest BCUT2D eigenvalue weighted by atomic mass is 10.1. The molecule has 62 valence electrons. The maximum atomic E-state index is 5.72. The molecule has 11 heavy (non-hydrogen) atoms. The molecule has 1 aliphatic rings. The van der Waals surface area contributed by atoms with E-state index in [4.69, 9.17) is 5.73 Å². The fraction of sp³-hybridized carbons (Fsp3) is 0.600. The van der Waals surface area contributed by atoms with E-state index in [1.807, 2.05) is 6.92 Å². The molecule has 1 aliphatic carbocycles. The maximum absolute atomic E-state index is 5.72. The topological polar surface area (TPSA) is 26.0 Å². The van der Waals surface area contributed by atoms with Crippen molar-refractivity contribution in [2.75, 3.05) is 0 Å². The molecule has 1 unspecified atom stereocenters. The summed E-state index contributed by atoms with van der Waals surface area (Å²) in [6, 6.07) is 0.205.